The third kappa shape index (κ3) is 5.48. The topological polar surface area (TPSA) is 42.7 Å². The highest BCUT2D eigenvalue weighted by atomic mass is 19.4. The number of aromatic nitrogens is 3. The maximum absolute atomic E-state index is 12.0. The largest absolute Gasteiger partial charge is 0.401 e. The highest BCUT2D eigenvalue weighted by Crippen LogP contribution is 2.12. The Morgan fingerprint density at radius 1 is 1.44 bits per heavy atom. The first-order chi connectivity index (χ1) is 8.42. The molecule has 18 heavy (non-hydrogen) atoms. The fraction of sp³-hybridized carbons (Fsp3) is 0.818. The number of alkyl halides is 3. The Balaban J connectivity index is 2.35. The van der Waals surface area contributed by atoms with Gasteiger partial charge in [-0.2, -0.15) is 18.3 Å². The first kappa shape index (κ1) is 14.9. The summed E-state index contributed by atoms with van der Waals surface area (Å²) in [7, 11) is 0. The maximum atomic E-state index is 12.0. The monoisotopic (exact) mass is 264 g/mol. The predicted molar refractivity (Wildman–Crippen MR) is 62.1 cm³/mol. The lowest BCUT2D eigenvalue weighted by Crippen LogP contribution is -2.32. The van der Waals surface area contributed by atoms with Crippen molar-refractivity contribution in [2.24, 2.45) is 5.92 Å². The van der Waals surface area contributed by atoms with Crippen LogP contribution in [0.25, 0.3) is 0 Å². The number of nitrogens with one attached hydrogen (secondary N) is 1. The summed E-state index contributed by atoms with van der Waals surface area (Å²) in [5.74, 6) is 0.922. The van der Waals surface area contributed by atoms with Gasteiger partial charge in [0, 0.05) is 13.0 Å². The van der Waals surface area contributed by atoms with Crippen LogP contribution in [0, 0.1) is 5.92 Å². The Morgan fingerprint density at radius 3 is 2.78 bits per heavy atom. The molecular formula is C11H19F3N4. The molecule has 0 fully saturated rings. The molecule has 0 aromatic carbocycles. The van der Waals surface area contributed by atoms with Gasteiger partial charge in [0.1, 0.15) is 12.2 Å². The highest BCUT2D eigenvalue weighted by molar-refractivity contribution is 4.87. The molecule has 1 atom stereocenters. The fourth-order valence-corrected chi connectivity index (χ4v) is 1.69. The van der Waals surface area contributed by atoms with Gasteiger partial charge in [-0.3, -0.25) is 4.68 Å². The van der Waals surface area contributed by atoms with Crippen LogP contribution < -0.4 is 5.32 Å². The molecule has 1 unspecified atom stereocenters. The van der Waals surface area contributed by atoms with E-state index in [1.54, 1.807) is 4.68 Å². The second kappa shape index (κ2) is 6.72. The van der Waals surface area contributed by atoms with Crippen molar-refractivity contribution in [2.45, 2.75) is 39.4 Å². The van der Waals surface area contributed by atoms with Gasteiger partial charge < -0.3 is 5.32 Å². The van der Waals surface area contributed by atoms with Gasteiger partial charge >= 0.3 is 6.18 Å². The van der Waals surface area contributed by atoms with Crippen molar-refractivity contribution in [3.05, 3.63) is 12.2 Å². The van der Waals surface area contributed by atoms with Crippen LogP contribution in [0.15, 0.2) is 6.33 Å². The molecular weight excluding hydrogens is 245 g/mol. The lowest BCUT2D eigenvalue weighted by molar-refractivity contribution is -0.125. The smallest absolute Gasteiger partial charge is 0.308 e. The zero-order chi connectivity index (χ0) is 13.6. The number of hydrogen-bond donors (Lipinski definition) is 1. The molecule has 0 aliphatic heterocycles. The quantitative estimate of drug-likeness (QED) is 0.819. The molecule has 0 aliphatic rings. The first-order valence-corrected chi connectivity index (χ1v) is 6.06. The molecule has 1 rings (SSSR count). The molecule has 0 spiro atoms. The molecule has 7 heteroatoms. The number of aryl methyl sites for hydroxylation is 1. The minimum Gasteiger partial charge on any atom is -0.308 e. The first-order valence-electron chi connectivity index (χ1n) is 6.06. The zero-order valence-electron chi connectivity index (χ0n) is 10.7. The van der Waals surface area contributed by atoms with Crippen molar-refractivity contribution in [2.75, 3.05) is 13.1 Å². The van der Waals surface area contributed by atoms with E-state index in [0.717, 1.165) is 18.8 Å². The molecule has 0 amide bonds. The summed E-state index contributed by atoms with van der Waals surface area (Å²) in [5, 5.41) is 6.49. The van der Waals surface area contributed by atoms with Crippen LogP contribution >= 0.6 is 0 Å². The average Bonchev–Trinajstić information content (AvgIpc) is 2.64. The van der Waals surface area contributed by atoms with E-state index in [-0.39, 0.29) is 5.92 Å². The zero-order valence-corrected chi connectivity index (χ0v) is 10.7. The van der Waals surface area contributed by atoms with Gasteiger partial charge in [-0.25, -0.2) is 4.98 Å². The average molecular weight is 264 g/mol. The molecule has 1 heterocycles. The molecule has 1 aromatic rings. The van der Waals surface area contributed by atoms with Crippen LogP contribution in [0.3, 0.4) is 0 Å². The van der Waals surface area contributed by atoms with Crippen molar-refractivity contribution < 1.29 is 13.2 Å². The van der Waals surface area contributed by atoms with Gasteiger partial charge in [0.25, 0.3) is 0 Å². The molecule has 1 aromatic heterocycles. The summed E-state index contributed by atoms with van der Waals surface area (Å²) in [6, 6.07) is 0. The molecule has 1 N–H and O–H groups in total. The molecule has 0 bridgehead atoms. The summed E-state index contributed by atoms with van der Waals surface area (Å²) in [6.45, 7) is 4.10. The minimum absolute atomic E-state index is 0.0900. The summed E-state index contributed by atoms with van der Waals surface area (Å²) >= 11 is 0. The Hall–Kier alpha value is -1.11. The number of halogens is 3. The van der Waals surface area contributed by atoms with Gasteiger partial charge in [-0.15, -0.1) is 0 Å². The SMILES string of the molecule is CCCn1ncnc1CC(C)CNCC(F)(F)F. The summed E-state index contributed by atoms with van der Waals surface area (Å²) < 4.78 is 37.7. The van der Waals surface area contributed by atoms with Gasteiger partial charge in [0.2, 0.25) is 0 Å². The van der Waals surface area contributed by atoms with Crippen LogP contribution in [0.5, 0.6) is 0 Å². The Bertz CT molecular complexity index is 348. The van der Waals surface area contributed by atoms with E-state index < -0.39 is 12.7 Å². The summed E-state index contributed by atoms with van der Waals surface area (Å²) in [6.07, 6.45) is -1.08. The summed E-state index contributed by atoms with van der Waals surface area (Å²) in [4.78, 5) is 4.13. The van der Waals surface area contributed by atoms with Crippen LogP contribution in [-0.2, 0) is 13.0 Å². The van der Waals surface area contributed by atoms with Crippen molar-refractivity contribution in [3.8, 4) is 0 Å². The molecule has 0 saturated heterocycles. The van der Waals surface area contributed by atoms with Crippen molar-refractivity contribution in [1.29, 1.82) is 0 Å². The lowest BCUT2D eigenvalue weighted by atomic mass is 10.1. The molecule has 0 saturated carbocycles. The maximum Gasteiger partial charge on any atom is 0.401 e. The van der Waals surface area contributed by atoms with E-state index >= 15 is 0 Å². The number of hydrogen-bond acceptors (Lipinski definition) is 3. The van der Waals surface area contributed by atoms with Crippen molar-refractivity contribution in [1.82, 2.24) is 20.1 Å². The van der Waals surface area contributed by atoms with Gasteiger partial charge in [0.05, 0.1) is 6.54 Å². The van der Waals surface area contributed by atoms with E-state index in [1.807, 2.05) is 13.8 Å². The number of rotatable bonds is 7. The van der Waals surface area contributed by atoms with E-state index in [2.05, 4.69) is 15.4 Å². The Morgan fingerprint density at radius 2 is 2.17 bits per heavy atom. The van der Waals surface area contributed by atoms with Crippen LogP contribution in [0.1, 0.15) is 26.1 Å². The Labute approximate surface area is 105 Å². The fourth-order valence-electron chi connectivity index (χ4n) is 1.69. The number of nitrogens with zero attached hydrogens (tertiary/aromatic N) is 3. The van der Waals surface area contributed by atoms with Gasteiger partial charge in [-0.05, 0) is 18.9 Å². The third-order valence-electron chi connectivity index (χ3n) is 2.48. The van der Waals surface area contributed by atoms with Gasteiger partial charge in [0.15, 0.2) is 0 Å². The Kier molecular flexibility index (Phi) is 5.58. The second-order valence-corrected chi connectivity index (χ2v) is 4.45. The van der Waals surface area contributed by atoms with Gasteiger partial charge in [-0.1, -0.05) is 13.8 Å². The van der Waals surface area contributed by atoms with E-state index in [9.17, 15) is 13.2 Å². The molecule has 0 radical (unpaired) electrons. The molecule has 104 valence electrons. The van der Waals surface area contributed by atoms with E-state index in [0.29, 0.717) is 13.0 Å². The van der Waals surface area contributed by atoms with Crippen LogP contribution in [0.2, 0.25) is 0 Å². The summed E-state index contributed by atoms with van der Waals surface area (Å²) in [5.41, 5.74) is 0. The molecule has 4 nitrogen and oxygen atoms in total. The van der Waals surface area contributed by atoms with Crippen LogP contribution in [0.4, 0.5) is 13.2 Å². The van der Waals surface area contributed by atoms with Crippen LogP contribution in [-0.4, -0.2) is 34.0 Å². The second-order valence-electron chi connectivity index (χ2n) is 4.45. The van der Waals surface area contributed by atoms with Crippen molar-refractivity contribution >= 4 is 0 Å². The third-order valence-corrected chi connectivity index (χ3v) is 2.48. The normalized spacial score (nSPS) is 13.8. The lowest BCUT2D eigenvalue weighted by Gasteiger charge is -2.14. The predicted octanol–water partition coefficient (Wildman–Crippen LogP) is 2.02. The van der Waals surface area contributed by atoms with Crippen molar-refractivity contribution in [3.63, 3.8) is 0 Å². The molecule has 0 aliphatic carbocycles. The van der Waals surface area contributed by atoms with E-state index in [1.165, 1.54) is 6.33 Å². The van der Waals surface area contributed by atoms with E-state index in [4.69, 9.17) is 0 Å². The highest BCUT2D eigenvalue weighted by Gasteiger charge is 2.26. The standard InChI is InChI=1S/C11H19F3N4/c1-3-4-18-10(16-8-17-18)5-9(2)6-15-7-11(12,13)14/h8-9,15H,3-7H2,1-2H3. The minimum atomic E-state index is -4.15.